The smallest absolute Gasteiger partial charge is 0.128 e. The quantitative estimate of drug-likeness (QED) is 0.873. The minimum atomic E-state index is -0.432. The molecule has 2 heterocycles. The molecule has 3 nitrogen and oxygen atoms in total. The van der Waals surface area contributed by atoms with E-state index in [9.17, 15) is 5.11 Å². The average Bonchev–Trinajstić information content (AvgIpc) is 2.78. The van der Waals surface area contributed by atoms with Crippen LogP contribution in [0.15, 0.2) is 18.3 Å². The van der Waals surface area contributed by atoms with E-state index in [2.05, 4.69) is 23.7 Å². The van der Waals surface area contributed by atoms with Crippen molar-refractivity contribution in [3.63, 3.8) is 0 Å². The Morgan fingerprint density at radius 1 is 1.35 bits per heavy atom. The SMILES string of the molecule is CC(C)C1CCN(c2ccc([C@@H](C)O)cn2)C1. The van der Waals surface area contributed by atoms with Gasteiger partial charge in [-0.1, -0.05) is 19.9 Å². The van der Waals surface area contributed by atoms with Gasteiger partial charge in [-0.3, -0.25) is 0 Å². The minimum Gasteiger partial charge on any atom is -0.389 e. The van der Waals surface area contributed by atoms with Gasteiger partial charge in [0.05, 0.1) is 6.10 Å². The van der Waals surface area contributed by atoms with Gasteiger partial charge in [-0.2, -0.15) is 0 Å². The van der Waals surface area contributed by atoms with Crippen LogP contribution in [0.4, 0.5) is 5.82 Å². The molecule has 17 heavy (non-hydrogen) atoms. The molecular weight excluding hydrogens is 212 g/mol. The molecule has 1 unspecified atom stereocenters. The van der Waals surface area contributed by atoms with Crippen molar-refractivity contribution in [1.29, 1.82) is 0 Å². The second-order valence-corrected chi connectivity index (χ2v) is 5.36. The normalized spacial score (nSPS) is 22.2. The Bertz CT molecular complexity index is 359. The van der Waals surface area contributed by atoms with Gasteiger partial charge in [0.25, 0.3) is 0 Å². The van der Waals surface area contributed by atoms with E-state index in [-0.39, 0.29) is 0 Å². The fourth-order valence-electron chi connectivity index (χ4n) is 2.37. The van der Waals surface area contributed by atoms with Gasteiger partial charge in [0, 0.05) is 19.3 Å². The number of nitrogens with zero attached hydrogens (tertiary/aromatic N) is 2. The minimum absolute atomic E-state index is 0.432. The summed E-state index contributed by atoms with van der Waals surface area (Å²) < 4.78 is 0. The van der Waals surface area contributed by atoms with Crippen LogP contribution in [-0.2, 0) is 0 Å². The first kappa shape index (κ1) is 12.4. The van der Waals surface area contributed by atoms with Crippen molar-refractivity contribution in [1.82, 2.24) is 4.98 Å². The Kier molecular flexibility index (Phi) is 3.67. The molecule has 0 spiro atoms. The predicted octanol–water partition coefficient (Wildman–Crippen LogP) is 2.62. The highest BCUT2D eigenvalue weighted by atomic mass is 16.3. The summed E-state index contributed by atoms with van der Waals surface area (Å²) in [6, 6.07) is 3.99. The Morgan fingerprint density at radius 3 is 2.59 bits per heavy atom. The predicted molar refractivity (Wildman–Crippen MR) is 70.0 cm³/mol. The lowest BCUT2D eigenvalue weighted by molar-refractivity contribution is 0.199. The van der Waals surface area contributed by atoms with Crippen molar-refractivity contribution in [2.75, 3.05) is 18.0 Å². The largest absolute Gasteiger partial charge is 0.389 e. The van der Waals surface area contributed by atoms with Crippen molar-refractivity contribution in [2.45, 2.75) is 33.3 Å². The number of hydrogen-bond donors (Lipinski definition) is 1. The Hall–Kier alpha value is -1.09. The second kappa shape index (κ2) is 5.05. The molecule has 0 aromatic carbocycles. The van der Waals surface area contributed by atoms with E-state index in [1.54, 1.807) is 13.1 Å². The van der Waals surface area contributed by atoms with Crippen molar-refractivity contribution < 1.29 is 5.11 Å². The van der Waals surface area contributed by atoms with E-state index < -0.39 is 6.10 Å². The third kappa shape index (κ3) is 2.78. The zero-order valence-electron chi connectivity index (χ0n) is 10.9. The number of anilines is 1. The van der Waals surface area contributed by atoms with Crippen LogP contribution in [0.5, 0.6) is 0 Å². The van der Waals surface area contributed by atoms with Crippen LogP contribution in [0.3, 0.4) is 0 Å². The van der Waals surface area contributed by atoms with Crippen molar-refractivity contribution in [2.24, 2.45) is 11.8 Å². The Balaban J connectivity index is 2.04. The number of rotatable bonds is 3. The van der Waals surface area contributed by atoms with Gasteiger partial charge in [-0.25, -0.2) is 4.98 Å². The van der Waals surface area contributed by atoms with Crippen LogP contribution in [0.2, 0.25) is 0 Å². The first-order chi connectivity index (χ1) is 8.08. The maximum atomic E-state index is 9.44. The summed E-state index contributed by atoms with van der Waals surface area (Å²) in [5.74, 6) is 2.57. The fourth-order valence-corrected chi connectivity index (χ4v) is 2.37. The molecule has 1 aliphatic rings. The number of aliphatic hydroxyl groups is 1. The lowest BCUT2D eigenvalue weighted by Crippen LogP contribution is -2.22. The number of pyridine rings is 1. The third-order valence-electron chi connectivity index (χ3n) is 3.74. The summed E-state index contributed by atoms with van der Waals surface area (Å²) in [4.78, 5) is 6.79. The molecule has 2 atom stereocenters. The standard InChI is InChI=1S/C14H22N2O/c1-10(2)13-6-7-16(9-13)14-5-4-12(8-15-14)11(3)17/h4-5,8,10-11,13,17H,6-7,9H2,1-3H3/t11-,13?/m1/s1. The lowest BCUT2D eigenvalue weighted by Gasteiger charge is -2.19. The molecule has 3 heteroatoms. The van der Waals surface area contributed by atoms with Gasteiger partial charge in [-0.15, -0.1) is 0 Å². The molecule has 1 aromatic heterocycles. The van der Waals surface area contributed by atoms with Crippen LogP contribution >= 0.6 is 0 Å². The highest BCUT2D eigenvalue weighted by Gasteiger charge is 2.25. The summed E-state index contributed by atoms with van der Waals surface area (Å²) in [6.07, 6.45) is 2.61. The third-order valence-corrected chi connectivity index (χ3v) is 3.74. The zero-order valence-corrected chi connectivity index (χ0v) is 10.9. The molecular formula is C14H22N2O. The van der Waals surface area contributed by atoms with Gasteiger partial charge in [0.1, 0.15) is 5.82 Å². The molecule has 0 aliphatic carbocycles. The maximum absolute atomic E-state index is 9.44. The van der Waals surface area contributed by atoms with E-state index in [0.29, 0.717) is 0 Å². The van der Waals surface area contributed by atoms with Crippen LogP contribution in [0.1, 0.15) is 38.9 Å². The molecule has 1 fully saturated rings. The molecule has 2 rings (SSSR count). The Morgan fingerprint density at radius 2 is 2.12 bits per heavy atom. The molecule has 0 radical (unpaired) electrons. The van der Waals surface area contributed by atoms with E-state index in [0.717, 1.165) is 36.3 Å². The summed E-state index contributed by atoms with van der Waals surface area (Å²) in [5.41, 5.74) is 0.883. The fraction of sp³-hybridized carbons (Fsp3) is 0.643. The maximum Gasteiger partial charge on any atom is 0.128 e. The van der Waals surface area contributed by atoms with Crippen LogP contribution in [-0.4, -0.2) is 23.2 Å². The number of aliphatic hydroxyl groups excluding tert-OH is 1. The molecule has 1 N–H and O–H groups in total. The Labute approximate surface area is 103 Å². The van der Waals surface area contributed by atoms with Gasteiger partial charge >= 0.3 is 0 Å². The summed E-state index contributed by atoms with van der Waals surface area (Å²) in [6.45, 7) is 8.56. The first-order valence-corrected chi connectivity index (χ1v) is 6.47. The molecule has 0 bridgehead atoms. The van der Waals surface area contributed by atoms with Gasteiger partial charge in [0.15, 0.2) is 0 Å². The van der Waals surface area contributed by atoms with E-state index >= 15 is 0 Å². The molecule has 1 aromatic rings. The van der Waals surface area contributed by atoms with E-state index in [1.165, 1.54) is 6.42 Å². The summed E-state index contributed by atoms with van der Waals surface area (Å²) in [7, 11) is 0. The van der Waals surface area contributed by atoms with E-state index in [4.69, 9.17) is 0 Å². The van der Waals surface area contributed by atoms with Crippen molar-refractivity contribution >= 4 is 5.82 Å². The molecule has 0 saturated carbocycles. The average molecular weight is 234 g/mol. The monoisotopic (exact) mass is 234 g/mol. The zero-order chi connectivity index (χ0) is 12.4. The highest BCUT2D eigenvalue weighted by molar-refractivity contribution is 5.40. The molecule has 94 valence electrons. The van der Waals surface area contributed by atoms with Crippen LogP contribution in [0.25, 0.3) is 0 Å². The van der Waals surface area contributed by atoms with Crippen LogP contribution < -0.4 is 4.90 Å². The van der Waals surface area contributed by atoms with Gasteiger partial charge in [0.2, 0.25) is 0 Å². The van der Waals surface area contributed by atoms with E-state index in [1.807, 2.05) is 12.1 Å². The molecule has 0 amide bonds. The number of hydrogen-bond acceptors (Lipinski definition) is 3. The highest BCUT2D eigenvalue weighted by Crippen LogP contribution is 2.27. The van der Waals surface area contributed by atoms with Gasteiger partial charge in [-0.05, 0) is 36.8 Å². The molecule has 1 aliphatic heterocycles. The van der Waals surface area contributed by atoms with Gasteiger partial charge < -0.3 is 10.0 Å². The lowest BCUT2D eigenvalue weighted by atomic mass is 9.95. The van der Waals surface area contributed by atoms with Crippen molar-refractivity contribution in [3.05, 3.63) is 23.9 Å². The summed E-state index contributed by atoms with van der Waals surface area (Å²) >= 11 is 0. The van der Waals surface area contributed by atoms with Crippen LogP contribution in [0, 0.1) is 11.8 Å². The summed E-state index contributed by atoms with van der Waals surface area (Å²) in [5, 5.41) is 9.44. The van der Waals surface area contributed by atoms with Crippen molar-refractivity contribution in [3.8, 4) is 0 Å². The second-order valence-electron chi connectivity index (χ2n) is 5.36. The topological polar surface area (TPSA) is 36.4 Å². The molecule has 1 saturated heterocycles. The first-order valence-electron chi connectivity index (χ1n) is 6.47. The number of aromatic nitrogens is 1.